The van der Waals surface area contributed by atoms with Crippen LogP contribution in [0.5, 0.6) is 0 Å². The number of rotatable bonds is 3. The Balaban J connectivity index is 1.44. The lowest BCUT2D eigenvalue weighted by Gasteiger charge is -2.31. The highest BCUT2D eigenvalue weighted by atomic mass is 19.1. The molecule has 26 heavy (non-hydrogen) atoms. The first kappa shape index (κ1) is 17.2. The number of benzene rings is 2. The van der Waals surface area contributed by atoms with Gasteiger partial charge in [-0.1, -0.05) is 30.3 Å². The van der Waals surface area contributed by atoms with Crippen molar-refractivity contribution in [2.24, 2.45) is 0 Å². The molecule has 2 aromatic rings. The van der Waals surface area contributed by atoms with E-state index in [2.05, 4.69) is 23.2 Å². The summed E-state index contributed by atoms with van der Waals surface area (Å²) in [5, 5.41) is 3.34. The fraction of sp³-hybridized carbons (Fsp3) is 0.409. The highest BCUT2D eigenvalue weighted by Crippen LogP contribution is 2.32. The van der Waals surface area contributed by atoms with E-state index in [-0.39, 0.29) is 17.3 Å². The molecule has 0 aliphatic carbocycles. The van der Waals surface area contributed by atoms with Crippen molar-refractivity contribution in [1.29, 1.82) is 0 Å². The molecule has 0 bridgehead atoms. The van der Waals surface area contributed by atoms with E-state index in [4.69, 9.17) is 0 Å². The highest BCUT2D eigenvalue weighted by Gasteiger charge is 2.42. The van der Waals surface area contributed by atoms with E-state index in [9.17, 15) is 9.18 Å². The zero-order valence-electron chi connectivity index (χ0n) is 15.2. The molecular formula is C22H25FN2O. The van der Waals surface area contributed by atoms with Crippen molar-refractivity contribution in [3.8, 4) is 0 Å². The number of hydrogen-bond donors (Lipinski definition) is 1. The van der Waals surface area contributed by atoms with Crippen LogP contribution in [-0.4, -0.2) is 35.5 Å². The van der Waals surface area contributed by atoms with Gasteiger partial charge in [-0.2, -0.15) is 0 Å². The van der Waals surface area contributed by atoms with Crippen molar-refractivity contribution in [3.63, 3.8) is 0 Å². The lowest BCUT2D eigenvalue weighted by atomic mass is 9.91. The third-order valence-corrected chi connectivity index (χ3v) is 5.96. The number of amides is 1. The van der Waals surface area contributed by atoms with Crippen LogP contribution in [0.15, 0.2) is 48.5 Å². The number of carbonyl (C=O) groups is 1. The van der Waals surface area contributed by atoms with Gasteiger partial charge in [-0.15, -0.1) is 0 Å². The largest absolute Gasteiger partial charge is 0.345 e. The number of aryl methyl sites for hydroxylation is 1. The molecule has 0 unspecified atom stereocenters. The first-order valence-corrected chi connectivity index (χ1v) is 9.44. The Labute approximate surface area is 154 Å². The molecule has 2 aromatic carbocycles. The summed E-state index contributed by atoms with van der Waals surface area (Å²) in [4.78, 5) is 15.2. The molecule has 1 saturated heterocycles. The Hall–Kier alpha value is -2.20. The summed E-state index contributed by atoms with van der Waals surface area (Å²) in [6.45, 7) is 4.09. The van der Waals surface area contributed by atoms with Gasteiger partial charge < -0.3 is 5.32 Å². The van der Waals surface area contributed by atoms with E-state index in [1.807, 2.05) is 30.3 Å². The van der Waals surface area contributed by atoms with Gasteiger partial charge in [0.25, 0.3) is 5.91 Å². The number of fused-ring (bicyclic) bond motifs is 1. The first-order valence-electron chi connectivity index (χ1n) is 9.44. The molecular weight excluding hydrogens is 327 g/mol. The maximum absolute atomic E-state index is 13.1. The zero-order valence-corrected chi connectivity index (χ0v) is 15.2. The SMILES string of the molecule is C[C@H](Cc1ccc(F)cc1)N1CC[C@]2(CCc3ccccc3C(=O)N2)C1. The van der Waals surface area contributed by atoms with Gasteiger partial charge in [0, 0.05) is 24.7 Å². The van der Waals surface area contributed by atoms with E-state index in [1.165, 1.54) is 12.1 Å². The second kappa shape index (κ2) is 6.84. The van der Waals surface area contributed by atoms with Crippen LogP contribution in [0, 0.1) is 5.82 Å². The summed E-state index contributed by atoms with van der Waals surface area (Å²) < 4.78 is 13.1. The molecule has 2 atom stereocenters. The predicted octanol–water partition coefficient (Wildman–Crippen LogP) is 3.58. The lowest BCUT2D eigenvalue weighted by molar-refractivity contribution is 0.0899. The molecule has 2 aliphatic rings. The van der Waals surface area contributed by atoms with Crippen LogP contribution in [0.4, 0.5) is 4.39 Å². The van der Waals surface area contributed by atoms with Crippen molar-refractivity contribution in [2.75, 3.05) is 13.1 Å². The van der Waals surface area contributed by atoms with Crippen LogP contribution in [0.3, 0.4) is 0 Å². The molecule has 4 rings (SSSR count). The van der Waals surface area contributed by atoms with E-state index in [0.29, 0.717) is 6.04 Å². The quantitative estimate of drug-likeness (QED) is 0.916. The van der Waals surface area contributed by atoms with Crippen LogP contribution in [0.2, 0.25) is 0 Å². The molecule has 3 nitrogen and oxygen atoms in total. The summed E-state index contributed by atoms with van der Waals surface area (Å²) in [5.74, 6) is -0.131. The van der Waals surface area contributed by atoms with Crippen LogP contribution >= 0.6 is 0 Å². The van der Waals surface area contributed by atoms with Crippen LogP contribution in [-0.2, 0) is 12.8 Å². The third kappa shape index (κ3) is 3.38. The summed E-state index contributed by atoms with van der Waals surface area (Å²) in [5.41, 5.74) is 2.99. The fourth-order valence-corrected chi connectivity index (χ4v) is 4.38. The topological polar surface area (TPSA) is 32.3 Å². The van der Waals surface area contributed by atoms with Crippen molar-refractivity contribution in [2.45, 2.75) is 44.2 Å². The molecule has 1 N–H and O–H groups in total. The van der Waals surface area contributed by atoms with Gasteiger partial charge in [0.15, 0.2) is 0 Å². The van der Waals surface area contributed by atoms with Gasteiger partial charge in [0.1, 0.15) is 5.82 Å². The maximum atomic E-state index is 13.1. The Kier molecular flexibility index (Phi) is 4.53. The Bertz CT molecular complexity index is 804. The Morgan fingerprint density at radius 2 is 1.92 bits per heavy atom. The average molecular weight is 352 g/mol. The highest BCUT2D eigenvalue weighted by molar-refractivity contribution is 5.96. The zero-order chi connectivity index (χ0) is 18.1. The van der Waals surface area contributed by atoms with Gasteiger partial charge in [-0.25, -0.2) is 4.39 Å². The number of halogens is 1. The van der Waals surface area contributed by atoms with E-state index in [0.717, 1.165) is 55.5 Å². The van der Waals surface area contributed by atoms with Crippen LogP contribution in [0.25, 0.3) is 0 Å². The minimum Gasteiger partial charge on any atom is -0.345 e. The maximum Gasteiger partial charge on any atom is 0.252 e. The third-order valence-electron chi connectivity index (χ3n) is 5.96. The van der Waals surface area contributed by atoms with E-state index in [1.54, 1.807) is 0 Å². The summed E-state index contributed by atoms with van der Waals surface area (Å²) in [6, 6.07) is 15.1. The number of likely N-dealkylation sites (tertiary alicyclic amines) is 1. The minimum absolute atomic E-state index is 0.0612. The molecule has 0 radical (unpaired) electrons. The smallest absolute Gasteiger partial charge is 0.252 e. The standard InChI is InChI=1S/C22H25FN2O/c1-16(14-17-6-8-19(23)9-7-17)25-13-12-22(15-25)11-10-18-4-2-3-5-20(18)21(26)24-22/h2-9,16H,10-15H2,1H3,(H,24,26)/t16-,22-/m1/s1. The Morgan fingerprint density at radius 1 is 1.15 bits per heavy atom. The number of nitrogens with zero attached hydrogens (tertiary/aromatic N) is 1. The molecule has 2 aliphatic heterocycles. The Morgan fingerprint density at radius 3 is 2.73 bits per heavy atom. The molecule has 4 heteroatoms. The van der Waals surface area contributed by atoms with Crippen molar-refractivity contribution in [1.82, 2.24) is 10.2 Å². The van der Waals surface area contributed by atoms with Crippen LogP contribution in [0.1, 0.15) is 41.3 Å². The van der Waals surface area contributed by atoms with Crippen molar-refractivity contribution < 1.29 is 9.18 Å². The van der Waals surface area contributed by atoms with Crippen molar-refractivity contribution in [3.05, 3.63) is 71.0 Å². The normalized spacial score (nSPS) is 24.2. The number of carbonyl (C=O) groups excluding carboxylic acids is 1. The van der Waals surface area contributed by atoms with Gasteiger partial charge in [0.05, 0.1) is 5.54 Å². The predicted molar refractivity (Wildman–Crippen MR) is 101 cm³/mol. The van der Waals surface area contributed by atoms with Crippen LogP contribution < -0.4 is 5.32 Å². The lowest BCUT2D eigenvalue weighted by Crippen LogP contribution is -2.50. The van der Waals surface area contributed by atoms with Gasteiger partial charge in [-0.05, 0) is 61.9 Å². The number of hydrogen-bond acceptors (Lipinski definition) is 2. The summed E-state index contributed by atoms with van der Waals surface area (Å²) >= 11 is 0. The van der Waals surface area contributed by atoms with E-state index >= 15 is 0 Å². The molecule has 136 valence electrons. The molecule has 1 amide bonds. The number of nitrogens with one attached hydrogen (secondary N) is 1. The van der Waals surface area contributed by atoms with E-state index < -0.39 is 0 Å². The van der Waals surface area contributed by atoms with Gasteiger partial charge in [0.2, 0.25) is 0 Å². The molecule has 2 heterocycles. The molecule has 0 saturated carbocycles. The molecule has 1 spiro atoms. The summed E-state index contributed by atoms with van der Waals surface area (Å²) in [6.07, 6.45) is 3.80. The van der Waals surface area contributed by atoms with Gasteiger partial charge in [-0.3, -0.25) is 9.69 Å². The average Bonchev–Trinajstić information content (AvgIpc) is 3.00. The second-order valence-electron chi connectivity index (χ2n) is 7.79. The first-order chi connectivity index (χ1) is 12.5. The molecule has 0 aromatic heterocycles. The van der Waals surface area contributed by atoms with Gasteiger partial charge >= 0.3 is 0 Å². The minimum atomic E-state index is -0.192. The second-order valence-corrected chi connectivity index (χ2v) is 7.79. The summed E-state index contributed by atoms with van der Waals surface area (Å²) in [7, 11) is 0. The fourth-order valence-electron chi connectivity index (χ4n) is 4.38. The van der Waals surface area contributed by atoms with Crippen molar-refractivity contribution >= 4 is 5.91 Å². The monoisotopic (exact) mass is 352 g/mol. The molecule has 1 fully saturated rings.